The SMILES string of the molecule is CCCc1cc(C(=O)O)c2cccnc2c1. The Hall–Kier alpha value is -1.90. The van der Waals surface area contributed by atoms with Crippen molar-refractivity contribution in [2.75, 3.05) is 0 Å². The maximum atomic E-state index is 11.1. The van der Waals surface area contributed by atoms with Crippen LogP contribution in [0.25, 0.3) is 10.9 Å². The van der Waals surface area contributed by atoms with Crippen LogP contribution in [0, 0.1) is 0 Å². The number of benzene rings is 1. The summed E-state index contributed by atoms with van der Waals surface area (Å²) in [7, 11) is 0. The zero-order chi connectivity index (χ0) is 11.5. The predicted molar refractivity (Wildman–Crippen MR) is 62.7 cm³/mol. The van der Waals surface area contributed by atoms with E-state index >= 15 is 0 Å². The molecule has 3 nitrogen and oxygen atoms in total. The molecule has 1 aromatic carbocycles. The Labute approximate surface area is 93.7 Å². The molecule has 1 aromatic heterocycles. The predicted octanol–water partition coefficient (Wildman–Crippen LogP) is 2.89. The zero-order valence-corrected chi connectivity index (χ0v) is 9.10. The highest BCUT2D eigenvalue weighted by atomic mass is 16.4. The van der Waals surface area contributed by atoms with Gasteiger partial charge in [0.2, 0.25) is 0 Å². The maximum Gasteiger partial charge on any atom is 0.336 e. The van der Waals surface area contributed by atoms with Gasteiger partial charge in [-0.25, -0.2) is 4.79 Å². The van der Waals surface area contributed by atoms with Crippen molar-refractivity contribution in [2.45, 2.75) is 19.8 Å². The molecule has 1 N–H and O–H groups in total. The molecule has 0 aliphatic carbocycles. The fraction of sp³-hybridized carbons (Fsp3) is 0.231. The number of rotatable bonds is 3. The van der Waals surface area contributed by atoms with Gasteiger partial charge in [0, 0.05) is 11.6 Å². The van der Waals surface area contributed by atoms with Crippen LogP contribution in [-0.2, 0) is 6.42 Å². The van der Waals surface area contributed by atoms with E-state index in [1.165, 1.54) is 0 Å². The largest absolute Gasteiger partial charge is 0.478 e. The van der Waals surface area contributed by atoms with Gasteiger partial charge in [0.05, 0.1) is 11.1 Å². The fourth-order valence-corrected chi connectivity index (χ4v) is 1.85. The average Bonchev–Trinajstić information content (AvgIpc) is 2.28. The van der Waals surface area contributed by atoms with Crippen LogP contribution in [0.5, 0.6) is 0 Å². The Morgan fingerprint density at radius 1 is 1.44 bits per heavy atom. The Morgan fingerprint density at radius 3 is 2.94 bits per heavy atom. The van der Waals surface area contributed by atoms with Crippen LogP contribution >= 0.6 is 0 Å². The minimum Gasteiger partial charge on any atom is -0.478 e. The molecule has 0 amide bonds. The number of aryl methyl sites for hydroxylation is 1. The van der Waals surface area contributed by atoms with Crippen molar-refractivity contribution in [1.29, 1.82) is 0 Å². The number of carboxylic acid groups (broad SMARTS) is 1. The summed E-state index contributed by atoms with van der Waals surface area (Å²) in [5, 5.41) is 9.85. The second kappa shape index (κ2) is 4.31. The monoisotopic (exact) mass is 215 g/mol. The van der Waals surface area contributed by atoms with Gasteiger partial charge in [-0.1, -0.05) is 19.4 Å². The number of carbonyl (C=O) groups is 1. The second-order valence-corrected chi connectivity index (χ2v) is 3.77. The minimum atomic E-state index is -0.893. The molecule has 0 saturated carbocycles. The lowest BCUT2D eigenvalue weighted by Crippen LogP contribution is -2.00. The first-order chi connectivity index (χ1) is 7.72. The lowest BCUT2D eigenvalue weighted by atomic mass is 10.0. The summed E-state index contributed by atoms with van der Waals surface area (Å²) in [4.78, 5) is 15.3. The summed E-state index contributed by atoms with van der Waals surface area (Å²) >= 11 is 0. The Balaban J connectivity index is 2.68. The van der Waals surface area contributed by atoms with E-state index < -0.39 is 5.97 Å². The molecule has 2 rings (SSSR count). The number of pyridine rings is 1. The molecule has 0 spiro atoms. The van der Waals surface area contributed by atoms with Crippen molar-refractivity contribution in [1.82, 2.24) is 4.98 Å². The van der Waals surface area contributed by atoms with E-state index in [0.29, 0.717) is 10.9 Å². The number of aromatic carboxylic acids is 1. The molecule has 0 unspecified atom stereocenters. The van der Waals surface area contributed by atoms with Crippen LogP contribution in [0.15, 0.2) is 30.5 Å². The van der Waals surface area contributed by atoms with Crippen LogP contribution < -0.4 is 0 Å². The van der Waals surface area contributed by atoms with Crippen molar-refractivity contribution in [3.8, 4) is 0 Å². The normalized spacial score (nSPS) is 10.6. The van der Waals surface area contributed by atoms with Crippen LogP contribution in [-0.4, -0.2) is 16.1 Å². The van der Waals surface area contributed by atoms with E-state index in [1.807, 2.05) is 6.07 Å². The molecule has 2 aromatic rings. The molecule has 0 atom stereocenters. The van der Waals surface area contributed by atoms with E-state index in [1.54, 1.807) is 24.4 Å². The van der Waals surface area contributed by atoms with Crippen molar-refractivity contribution in [3.05, 3.63) is 41.6 Å². The standard InChI is InChI=1S/C13H13NO2/c1-2-4-9-7-11(13(15)16)10-5-3-6-14-12(10)8-9/h3,5-8H,2,4H2,1H3,(H,15,16). The lowest BCUT2D eigenvalue weighted by molar-refractivity contribution is 0.0699. The molecule has 1 heterocycles. The Bertz CT molecular complexity index is 534. The highest BCUT2D eigenvalue weighted by Gasteiger charge is 2.10. The number of fused-ring (bicyclic) bond motifs is 1. The summed E-state index contributed by atoms with van der Waals surface area (Å²) in [6.07, 6.45) is 3.56. The van der Waals surface area contributed by atoms with Crippen molar-refractivity contribution in [2.24, 2.45) is 0 Å². The van der Waals surface area contributed by atoms with E-state index in [-0.39, 0.29) is 0 Å². The third-order valence-corrected chi connectivity index (χ3v) is 2.55. The number of nitrogens with zero attached hydrogens (tertiary/aromatic N) is 1. The number of aromatic nitrogens is 1. The van der Waals surface area contributed by atoms with Gasteiger partial charge in [0.15, 0.2) is 0 Å². The topological polar surface area (TPSA) is 50.2 Å². The first-order valence-corrected chi connectivity index (χ1v) is 5.33. The summed E-state index contributed by atoms with van der Waals surface area (Å²) in [5.41, 5.74) is 2.13. The molecule has 0 saturated heterocycles. The highest BCUT2D eigenvalue weighted by Crippen LogP contribution is 2.20. The molecule has 3 heteroatoms. The average molecular weight is 215 g/mol. The molecule has 82 valence electrons. The molecule has 0 fully saturated rings. The van der Waals surface area contributed by atoms with Crippen molar-refractivity contribution in [3.63, 3.8) is 0 Å². The molecule has 0 aliphatic heterocycles. The van der Waals surface area contributed by atoms with Gasteiger partial charge in [-0.2, -0.15) is 0 Å². The second-order valence-electron chi connectivity index (χ2n) is 3.77. The van der Waals surface area contributed by atoms with Gasteiger partial charge in [-0.05, 0) is 30.2 Å². The van der Waals surface area contributed by atoms with Crippen molar-refractivity contribution < 1.29 is 9.90 Å². The summed E-state index contributed by atoms with van der Waals surface area (Å²) < 4.78 is 0. The summed E-state index contributed by atoms with van der Waals surface area (Å²) in [6.45, 7) is 2.07. The molecule has 16 heavy (non-hydrogen) atoms. The first-order valence-electron chi connectivity index (χ1n) is 5.33. The van der Waals surface area contributed by atoms with Gasteiger partial charge < -0.3 is 5.11 Å². The third-order valence-electron chi connectivity index (χ3n) is 2.55. The minimum absolute atomic E-state index is 0.342. The summed E-state index contributed by atoms with van der Waals surface area (Å²) in [6, 6.07) is 7.26. The van der Waals surface area contributed by atoms with Crippen LogP contribution in [0.1, 0.15) is 29.3 Å². The third kappa shape index (κ3) is 1.89. The number of carboxylic acids is 1. The van der Waals surface area contributed by atoms with Gasteiger partial charge in [-0.3, -0.25) is 4.98 Å². The smallest absolute Gasteiger partial charge is 0.336 e. The van der Waals surface area contributed by atoms with Crippen molar-refractivity contribution >= 4 is 16.9 Å². The van der Waals surface area contributed by atoms with E-state index in [9.17, 15) is 4.79 Å². The lowest BCUT2D eigenvalue weighted by Gasteiger charge is -2.05. The van der Waals surface area contributed by atoms with Crippen LogP contribution in [0.2, 0.25) is 0 Å². The molecule has 0 radical (unpaired) electrons. The zero-order valence-electron chi connectivity index (χ0n) is 9.10. The van der Waals surface area contributed by atoms with Gasteiger partial charge in [0.1, 0.15) is 0 Å². The van der Waals surface area contributed by atoms with Gasteiger partial charge in [0.25, 0.3) is 0 Å². The first kappa shape index (κ1) is 10.6. The van der Waals surface area contributed by atoms with E-state index in [0.717, 1.165) is 23.9 Å². The number of hydrogen-bond acceptors (Lipinski definition) is 2. The Kier molecular flexibility index (Phi) is 2.86. The Morgan fingerprint density at radius 2 is 2.25 bits per heavy atom. The summed E-state index contributed by atoms with van der Waals surface area (Å²) in [5.74, 6) is -0.893. The quantitative estimate of drug-likeness (QED) is 0.856. The van der Waals surface area contributed by atoms with E-state index in [4.69, 9.17) is 5.11 Å². The van der Waals surface area contributed by atoms with Gasteiger partial charge >= 0.3 is 5.97 Å². The van der Waals surface area contributed by atoms with Crippen LogP contribution in [0.3, 0.4) is 0 Å². The maximum absolute atomic E-state index is 11.1. The van der Waals surface area contributed by atoms with Crippen LogP contribution in [0.4, 0.5) is 0 Å². The van der Waals surface area contributed by atoms with E-state index in [2.05, 4.69) is 11.9 Å². The highest BCUT2D eigenvalue weighted by molar-refractivity contribution is 6.02. The fourth-order valence-electron chi connectivity index (χ4n) is 1.85. The molecule has 0 bridgehead atoms. The number of hydrogen-bond donors (Lipinski definition) is 1. The van der Waals surface area contributed by atoms with Gasteiger partial charge in [-0.15, -0.1) is 0 Å². The molecule has 0 aliphatic rings. The molecular formula is C13H13NO2. The molecular weight excluding hydrogens is 202 g/mol.